The molecule has 29 heavy (non-hydrogen) atoms. The molecular formula is C19H25N7O3. The van der Waals surface area contributed by atoms with Crippen LogP contribution in [0, 0.1) is 0 Å². The summed E-state index contributed by atoms with van der Waals surface area (Å²) in [6.45, 7) is 0.745. The Kier molecular flexibility index (Phi) is 8.19. The van der Waals surface area contributed by atoms with Gasteiger partial charge in [0.25, 0.3) is 0 Å². The molecule has 10 heteroatoms. The molecule has 0 aliphatic rings. The third kappa shape index (κ3) is 7.28. The third-order valence-electron chi connectivity index (χ3n) is 3.62. The Morgan fingerprint density at radius 3 is 2.55 bits per heavy atom. The molecule has 0 fully saturated rings. The van der Waals surface area contributed by atoms with Crippen molar-refractivity contribution in [2.45, 2.75) is 6.42 Å². The number of hydrogen-bond acceptors (Lipinski definition) is 9. The highest BCUT2D eigenvalue weighted by atomic mass is 16.5. The number of azo groups is 1. The molecular weight excluding hydrogens is 374 g/mol. The van der Waals surface area contributed by atoms with E-state index in [-0.39, 0.29) is 30.7 Å². The molecule has 0 spiro atoms. The first-order chi connectivity index (χ1) is 13.9. The van der Waals surface area contributed by atoms with Gasteiger partial charge in [-0.2, -0.15) is 0 Å². The van der Waals surface area contributed by atoms with Gasteiger partial charge in [0, 0.05) is 6.54 Å². The van der Waals surface area contributed by atoms with Gasteiger partial charge >= 0.3 is 5.97 Å². The summed E-state index contributed by atoms with van der Waals surface area (Å²) in [5, 5.41) is 13.6. The number of para-hydroxylation sites is 1. The van der Waals surface area contributed by atoms with Crippen LogP contribution in [0.1, 0.15) is 6.42 Å². The second-order valence-corrected chi connectivity index (χ2v) is 6.37. The fourth-order valence-corrected chi connectivity index (χ4v) is 2.19. The number of ether oxygens (including phenoxy) is 1. The van der Waals surface area contributed by atoms with Crippen LogP contribution in [0.4, 0.5) is 23.0 Å². The number of anilines is 2. The molecule has 2 rings (SSSR count). The number of nitrogens with one attached hydrogen (secondary N) is 2. The number of pyridine rings is 1. The van der Waals surface area contributed by atoms with Crippen molar-refractivity contribution in [3.63, 3.8) is 0 Å². The number of nitrogens with zero attached hydrogens (tertiary/aromatic N) is 4. The fourth-order valence-electron chi connectivity index (χ4n) is 2.19. The molecule has 1 aromatic heterocycles. The monoisotopic (exact) mass is 399 g/mol. The molecule has 10 nitrogen and oxygen atoms in total. The second kappa shape index (κ2) is 10.8. The molecule has 0 saturated heterocycles. The first-order valence-electron chi connectivity index (χ1n) is 8.96. The van der Waals surface area contributed by atoms with Crippen molar-refractivity contribution >= 4 is 34.9 Å². The summed E-state index contributed by atoms with van der Waals surface area (Å²) in [5.41, 5.74) is 6.61. The Labute approximate surface area is 169 Å². The van der Waals surface area contributed by atoms with Gasteiger partial charge in [0.1, 0.15) is 17.2 Å². The minimum Gasteiger partial charge on any atom is -0.424 e. The fraction of sp³-hybridized carbons (Fsp3) is 0.316. The number of esters is 1. The van der Waals surface area contributed by atoms with E-state index >= 15 is 0 Å². The highest BCUT2D eigenvalue weighted by Gasteiger charge is 2.10. The molecule has 0 aliphatic heterocycles. The number of carbonyl (C=O) groups is 2. The van der Waals surface area contributed by atoms with Gasteiger partial charge in [0.15, 0.2) is 11.6 Å². The van der Waals surface area contributed by atoms with Crippen molar-refractivity contribution in [3.8, 4) is 5.75 Å². The average molecular weight is 399 g/mol. The Morgan fingerprint density at radius 1 is 1.14 bits per heavy atom. The molecule has 4 N–H and O–H groups in total. The number of rotatable bonds is 9. The Bertz CT molecular complexity index is 884. The maximum atomic E-state index is 12.0. The van der Waals surface area contributed by atoms with Gasteiger partial charge in [-0.25, -0.2) is 4.98 Å². The lowest BCUT2D eigenvalue weighted by molar-refractivity contribution is -0.134. The second-order valence-electron chi connectivity index (χ2n) is 6.37. The molecule has 1 aromatic carbocycles. The predicted octanol–water partition coefficient (Wildman–Crippen LogP) is 2.09. The van der Waals surface area contributed by atoms with Crippen LogP contribution >= 0.6 is 0 Å². The molecule has 0 atom stereocenters. The van der Waals surface area contributed by atoms with Crippen molar-refractivity contribution < 1.29 is 14.3 Å². The topological polar surface area (TPSA) is 134 Å². The van der Waals surface area contributed by atoms with Gasteiger partial charge in [0.05, 0.1) is 13.0 Å². The van der Waals surface area contributed by atoms with E-state index in [9.17, 15) is 9.59 Å². The molecule has 0 radical (unpaired) electrons. The quantitative estimate of drug-likeness (QED) is 0.334. The molecule has 0 bridgehead atoms. The van der Waals surface area contributed by atoms with Crippen molar-refractivity contribution in [2.75, 3.05) is 45.3 Å². The van der Waals surface area contributed by atoms with Gasteiger partial charge in [-0.15, -0.1) is 10.2 Å². The van der Waals surface area contributed by atoms with Crippen LogP contribution in [0.15, 0.2) is 46.6 Å². The van der Waals surface area contributed by atoms with E-state index in [1.54, 1.807) is 43.4 Å². The van der Waals surface area contributed by atoms with Crippen LogP contribution in [0.2, 0.25) is 0 Å². The summed E-state index contributed by atoms with van der Waals surface area (Å²) >= 11 is 0. The summed E-state index contributed by atoms with van der Waals surface area (Å²) < 4.78 is 5.38. The van der Waals surface area contributed by atoms with Gasteiger partial charge in [-0.1, -0.05) is 12.1 Å². The lowest BCUT2D eigenvalue weighted by Gasteiger charge is -2.10. The van der Waals surface area contributed by atoms with E-state index in [4.69, 9.17) is 10.5 Å². The van der Waals surface area contributed by atoms with E-state index in [1.807, 2.05) is 19.0 Å². The summed E-state index contributed by atoms with van der Waals surface area (Å²) in [7, 11) is 5.43. The van der Waals surface area contributed by atoms with Gasteiger partial charge in [-0.3, -0.25) is 9.59 Å². The van der Waals surface area contributed by atoms with E-state index < -0.39 is 0 Å². The first-order valence-corrected chi connectivity index (χ1v) is 8.96. The zero-order valence-corrected chi connectivity index (χ0v) is 16.7. The number of amides is 1. The number of nitrogen functional groups attached to an aromatic ring is 1. The summed E-state index contributed by atoms with van der Waals surface area (Å²) in [5.74, 6) is 0.138. The number of aromatic nitrogens is 1. The third-order valence-corrected chi connectivity index (χ3v) is 3.62. The van der Waals surface area contributed by atoms with Crippen LogP contribution < -0.4 is 21.1 Å². The summed E-state index contributed by atoms with van der Waals surface area (Å²) in [6, 6.07) is 9.98. The number of hydrogen-bond donors (Lipinski definition) is 3. The van der Waals surface area contributed by atoms with E-state index in [2.05, 4.69) is 25.8 Å². The largest absolute Gasteiger partial charge is 0.424 e. The maximum absolute atomic E-state index is 12.0. The normalized spacial score (nSPS) is 11.0. The van der Waals surface area contributed by atoms with Crippen molar-refractivity contribution in [1.82, 2.24) is 15.2 Å². The summed E-state index contributed by atoms with van der Waals surface area (Å²) in [6.07, 6.45) is 0.260. The molecule has 0 saturated carbocycles. The van der Waals surface area contributed by atoms with Crippen molar-refractivity contribution in [2.24, 2.45) is 10.2 Å². The highest BCUT2D eigenvalue weighted by molar-refractivity contribution is 5.91. The van der Waals surface area contributed by atoms with Gasteiger partial charge in [-0.05, 0) is 45.4 Å². The standard InChI is InChI=1S/C19H25N7O3/c1-21-12-17(27)22-16-9-8-14(19(20)23-16)25-24-13-6-4-5-7-15(13)29-18(28)10-11-26(2)3/h4-9,21H,10-12H2,1-3H3,(H3,20,22,23,27). The van der Waals surface area contributed by atoms with Crippen LogP contribution in [0.3, 0.4) is 0 Å². The Balaban J connectivity index is 2.10. The maximum Gasteiger partial charge on any atom is 0.312 e. The Hall–Kier alpha value is -3.37. The predicted molar refractivity (Wildman–Crippen MR) is 111 cm³/mol. The average Bonchev–Trinajstić information content (AvgIpc) is 2.67. The number of likely N-dealkylation sites (N-methyl/N-ethyl adjacent to an activating group) is 1. The minimum atomic E-state index is -0.357. The zero-order valence-electron chi connectivity index (χ0n) is 16.7. The molecule has 1 amide bonds. The lowest BCUT2D eigenvalue weighted by Crippen LogP contribution is -2.25. The first kappa shape index (κ1) is 21.9. The van der Waals surface area contributed by atoms with Crippen LogP contribution in [0.25, 0.3) is 0 Å². The van der Waals surface area contributed by atoms with E-state index in [0.29, 0.717) is 29.5 Å². The van der Waals surface area contributed by atoms with E-state index in [0.717, 1.165) is 0 Å². The minimum absolute atomic E-state index is 0.108. The van der Waals surface area contributed by atoms with Crippen molar-refractivity contribution in [1.29, 1.82) is 0 Å². The summed E-state index contributed by atoms with van der Waals surface area (Å²) in [4.78, 5) is 29.6. The van der Waals surface area contributed by atoms with Crippen LogP contribution in [0.5, 0.6) is 5.75 Å². The molecule has 2 aromatic rings. The molecule has 154 valence electrons. The number of benzene rings is 1. The number of carbonyl (C=O) groups excluding carboxylic acids is 2. The smallest absolute Gasteiger partial charge is 0.312 e. The zero-order chi connectivity index (χ0) is 21.2. The van der Waals surface area contributed by atoms with Crippen LogP contribution in [-0.2, 0) is 9.59 Å². The lowest BCUT2D eigenvalue weighted by atomic mass is 10.3. The SMILES string of the molecule is CNCC(=O)Nc1ccc(N=Nc2ccccc2OC(=O)CCN(C)C)c(N)n1. The van der Waals surface area contributed by atoms with Crippen molar-refractivity contribution in [3.05, 3.63) is 36.4 Å². The highest BCUT2D eigenvalue weighted by Crippen LogP contribution is 2.30. The molecule has 1 heterocycles. The van der Waals surface area contributed by atoms with Crippen LogP contribution in [-0.4, -0.2) is 56.0 Å². The van der Waals surface area contributed by atoms with Gasteiger partial charge < -0.3 is 26.0 Å². The molecule has 0 unspecified atom stereocenters. The Morgan fingerprint density at radius 2 is 1.86 bits per heavy atom. The van der Waals surface area contributed by atoms with E-state index in [1.165, 1.54) is 0 Å². The molecule has 0 aliphatic carbocycles. The number of nitrogens with two attached hydrogens (primary N) is 1. The van der Waals surface area contributed by atoms with Gasteiger partial charge in [0.2, 0.25) is 5.91 Å².